The zero-order chi connectivity index (χ0) is 20.2. The van der Waals surface area contributed by atoms with Gasteiger partial charge in [0.05, 0.1) is 12.8 Å². The summed E-state index contributed by atoms with van der Waals surface area (Å²) in [5.41, 5.74) is 1.59. The molecule has 150 valence electrons. The van der Waals surface area contributed by atoms with E-state index in [0.29, 0.717) is 11.5 Å². The molecule has 0 bridgehead atoms. The number of anilines is 4. The highest BCUT2D eigenvalue weighted by atomic mass is 19.1. The lowest BCUT2D eigenvalue weighted by molar-refractivity contribution is 0.415. The Morgan fingerprint density at radius 2 is 1.62 bits per heavy atom. The highest BCUT2D eigenvalue weighted by molar-refractivity contribution is 5.61. The van der Waals surface area contributed by atoms with Crippen LogP contribution in [0.3, 0.4) is 0 Å². The van der Waals surface area contributed by atoms with E-state index in [0.717, 1.165) is 49.3 Å². The van der Waals surface area contributed by atoms with Crippen LogP contribution in [0, 0.1) is 12.7 Å². The lowest BCUT2D eigenvalue weighted by atomic mass is 10.2. The first-order valence-electron chi connectivity index (χ1n) is 9.63. The van der Waals surface area contributed by atoms with Gasteiger partial charge in [-0.3, -0.25) is 0 Å². The molecule has 0 atom stereocenters. The van der Waals surface area contributed by atoms with E-state index >= 15 is 0 Å². The minimum absolute atomic E-state index is 0.176. The number of rotatable bonds is 5. The maximum atomic E-state index is 14.1. The minimum atomic E-state index is -0.176. The average Bonchev–Trinajstić information content (AvgIpc) is 2.74. The van der Waals surface area contributed by atoms with Gasteiger partial charge in [-0.05, 0) is 43.3 Å². The van der Waals surface area contributed by atoms with Gasteiger partial charge in [0.15, 0.2) is 0 Å². The fourth-order valence-corrected chi connectivity index (χ4v) is 3.48. The lowest BCUT2D eigenvalue weighted by Gasteiger charge is -2.37. The van der Waals surface area contributed by atoms with Gasteiger partial charge in [-0.2, -0.15) is 0 Å². The predicted octanol–water partition coefficient (Wildman–Crippen LogP) is 4.00. The van der Waals surface area contributed by atoms with E-state index in [4.69, 9.17) is 4.74 Å². The third kappa shape index (κ3) is 4.39. The van der Waals surface area contributed by atoms with Crippen molar-refractivity contribution in [3.8, 4) is 5.75 Å². The monoisotopic (exact) mass is 393 g/mol. The number of ether oxygens (including phenoxy) is 1. The molecule has 3 aromatic rings. The second-order valence-corrected chi connectivity index (χ2v) is 6.94. The second-order valence-electron chi connectivity index (χ2n) is 6.94. The molecule has 1 aromatic heterocycles. The molecular formula is C22H24FN5O. The van der Waals surface area contributed by atoms with Crippen molar-refractivity contribution in [2.24, 2.45) is 0 Å². The molecule has 29 heavy (non-hydrogen) atoms. The number of para-hydroxylation sites is 1. The van der Waals surface area contributed by atoms with Gasteiger partial charge in [-0.15, -0.1) is 0 Å². The van der Waals surface area contributed by atoms with E-state index in [1.54, 1.807) is 13.2 Å². The number of piperazine rings is 1. The van der Waals surface area contributed by atoms with Gasteiger partial charge in [0.2, 0.25) is 0 Å². The summed E-state index contributed by atoms with van der Waals surface area (Å²) < 4.78 is 19.3. The van der Waals surface area contributed by atoms with Crippen LogP contribution in [0.5, 0.6) is 5.75 Å². The van der Waals surface area contributed by atoms with Crippen molar-refractivity contribution in [1.82, 2.24) is 9.97 Å². The van der Waals surface area contributed by atoms with Gasteiger partial charge in [0.25, 0.3) is 0 Å². The lowest BCUT2D eigenvalue weighted by Crippen LogP contribution is -2.47. The Bertz CT molecular complexity index is 971. The molecule has 1 saturated heterocycles. The maximum Gasteiger partial charge on any atom is 0.146 e. The fourth-order valence-electron chi connectivity index (χ4n) is 3.48. The number of hydrogen-bond acceptors (Lipinski definition) is 6. The standard InChI is InChI=1S/C22H24FN5O/c1-16-24-21(26-17-7-9-18(29-2)10-8-17)15-22(25-16)28-13-11-27(12-14-28)20-6-4-3-5-19(20)23/h3-10,15H,11-14H2,1-2H3,(H,24,25,26). The zero-order valence-corrected chi connectivity index (χ0v) is 16.6. The Hall–Kier alpha value is -3.35. The Morgan fingerprint density at radius 1 is 0.931 bits per heavy atom. The molecule has 1 aliphatic heterocycles. The Kier molecular flexibility index (Phi) is 5.46. The molecule has 7 heteroatoms. The van der Waals surface area contributed by atoms with Crippen molar-refractivity contribution in [2.45, 2.75) is 6.92 Å². The number of halogens is 1. The second kappa shape index (κ2) is 8.34. The van der Waals surface area contributed by atoms with Crippen LogP contribution in [0.2, 0.25) is 0 Å². The largest absolute Gasteiger partial charge is 0.497 e. The first-order valence-corrected chi connectivity index (χ1v) is 9.63. The van der Waals surface area contributed by atoms with E-state index in [-0.39, 0.29) is 5.82 Å². The van der Waals surface area contributed by atoms with E-state index in [1.807, 2.05) is 49.4 Å². The van der Waals surface area contributed by atoms with E-state index < -0.39 is 0 Å². The number of methoxy groups -OCH3 is 1. The molecule has 0 radical (unpaired) electrons. The Balaban J connectivity index is 1.46. The fraction of sp³-hybridized carbons (Fsp3) is 0.273. The molecular weight excluding hydrogens is 369 g/mol. The van der Waals surface area contributed by atoms with Crippen LogP contribution in [0.4, 0.5) is 27.4 Å². The molecule has 2 heterocycles. The Morgan fingerprint density at radius 3 is 2.31 bits per heavy atom. The van der Waals surface area contributed by atoms with Crippen molar-refractivity contribution in [2.75, 3.05) is 48.4 Å². The summed E-state index contributed by atoms with van der Waals surface area (Å²) in [4.78, 5) is 13.4. The van der Waals surface area contributed by atoms with E-state index in [1.165, 1.54) is 6.07 Å². The van der Waals surface area contributed by atoms with Crippen LogP contribution in [0.1, 0.15) is 5.82 Å². The molecule has 0 spiro atoms. The number of hydrogen-bond donors (Lipinski definition) is 1. The number of nitrogens with one attached hydrogen (secondary N) is 1. The van der Waals surface area contributed by atoms with Crippen LogP contribution in [-0.4, -0.2) is 43.3 Å². The minimum Gasteiger partial charge on any atom is -0.497 e. The summed E-state index contributed by atoms with van der Waals surface area (Å²) in [6, 6.07) is 16.6. The third-order valence-electron chi connectivity index (χ3n) is 4.98. The van der Waals surface area contributed by atoms with Gasteiger partial charge in [-0.1, -0.05) is 12.1 Å². The van der Waals surface area contributed by atoms with Gasteiger partial charge in [0.1, 0.15) is 29.0 Å². The molecule has 4 rings (SSSR count). The van der Waals surface area contributed by atoms with Crippen LogP contribution in [0.25, 0.3) is 0 Å². The highest BCUT2D eigenvalue weighted by Gasteiger charge is 2.21. The SMILES string of the molecule is COc1ccc(Nc2cc(N3CCN(c4ccccc4F)CC3)nc(C)n2)cc1. The summed E-state index contributed by atoms with van der Waals surface area (Å²) >= 11 is 0. The summed E-state index contributed by atoms with van der Waals surface area (Å²) in [5, 5.41) is 3.32. The molecule has 0 amide bonds. The van der Waals surface area contributed by atoms with Gasteiger partial charge >= 0.3 is 0 Å². The summed E-state index contributed by atoms with van der Waals surface area (Å²) in [5.74, 6) is 2.96. The molecule has 1 N–H and O–H groups in total. The maximum absolute atomic E-state index is 14.1. The summed E-state index contributed by atoms with van der Waals surface area (Å²) in [6.45, 7) is 4.91. The van der Waals surface area contributed by atoms with Crippen molar-refractivity contribution in [3.63, 3.8) is 0 Å². The highest BCUT2D eigenvalue weighted by Crippen LogP contribution is 2.25. The van der Waals surface area contributed by atoms with Crippen LogP contribution in [-0.2, 0) is 0 Å². The molecule has 0 aliphatic carbocycles. The van der Waals surface area contributed by atoms with Crippen molar-refractivity contribution < 1.29 is 9.13 Å². The number of aryl methyl sites for hydroxylation is 1. The predicted molar refractivity (Wildman–Crippen MR) is 114 cm³/mol. The van der Waals surface area contributed by atoms with E-state index in [2.05, 4.69) is 25.1 Å². The molecule has 1 fully saturated rings. The normalized spacial score (nSPS) is 14.0. The van der Waals surface area contributed by atoms with Gasteiger partial charge in [0, 0.05) is 37.9 Å². The van der Waals surface area contributed by atoms with Crippen LogP contribution >= 0.6 is 0 Å². The molecule has 1 aliphatic rings. The van der Waals surface area contributed by atoms with Crippen LogP contribution in [0.15, 0.2) is 54.6 Å². The smallest absolute Gasteiger partial charge is 0.146 e. The third-order valence-corrected chi connectivity index (χ3v) is 4.98. The first-order chi connectivity index (χ1) is 14.1. The average molecular weight is 393 g/mol. The quantitative estimate of drug-likeness (QED) is 0.707. The topological polar surface area (TPSA) is 53.5 Å². The summed E-state index contributed by atoms with van der Waals surface area (Å²) in [6.07, 6.45) is 0. The van der Waals surface area contributed by atoms with Crippen LogP contribution < -0.4 is 19.9 Å². The number of nitrogens with zero attached hydrogens (tertiary/aromatic N) is 4. The molecule has 0 saturated carbocycles. The van der Waals surface area contributed by atoms with Gasteiger partial charge < -0.3 is 19.9 Å². The Labute approximate surface area is 170 Å². The molecule has 6 nitrogen and oxygen atoms in total. The zero-order valence-electron chi connectivity index (χ0n) is 16.6. The molecule has 0 unspecified atom stereocenters. The summed E-state index contributed by atoms with van der Waals surface area (Å²) in [7, 11) is 1.65. The first kappa shape index (κ1) is 19.0. The van der Waals surface area contributed by atoms with Crippen molar-refractivity contribution in [3.05, 3.63) is 66.2 Å². The van der Waals surface area contributed by atoms with Crippen molar-refractivity contribution in [1.29, 1.82) is 0 Å². The molecule has 2 aromatic carbocycles. The number of benzene rings is 2. The van der Waals surface area contributed by atoms with Crippen molar-refractivity contribution >= 4 is 23.0 Å². The van der Waals surface area contributed by atoms with Gasteiger partial charge in [-0.25, -0.2) is 14.4 Å². The van der Waals surface area contributed by atoms with E-state index in [9.17, 15) is 4.39 Å². The number of aromatic nitrogens is 2.